The van der Waals surface area contributed by atoms with Crippen LogP contribution in [-0.4, -0.2) is 22.1 Å². The molecule has 0 saturated carbocycles. The van der Waals surface area contributed by atoms with Crippen LogP contribution in [0, 0.1) is 6.92 Å². The van der Waals surface area contributed by atoms with Gasteiger partial charge >= 0.3 is 6.97 Å². The predicted molar refractivity (Wildman–Crippen MR) is 85.5 cm³/mol. The number of aryl methyl sites for hydroxylation is 1. The van der Waals surface area contributed by atoms with Crippen LogP contribution in [0.1, 0.15) is 16.8 Å². The van der Waals surface area contributed by atoms with Gasteiger partial charge < -0.3 is 17.6 Å². The van der Waals surface area contributed by atoms with Crippen LogP contribution >= 0.6 is 11.6 Å². The summed E-state index contributed by atoms with van der Waals surface area (Å²) >= 11 is 6.02. The minimum atomic E-state index is -3.85. The van der Waals surface area contributed by atoms with Crippen molar-refractivity contribution in [1.29, 1.82) is 0 Å². The van der Waals surface area contributed by atoms with Crippen molar-refractivity contribution in [3.05, 3.63) is 76.2 Å². The predicted octanol–water partition coefficient (Wildman–Crippen LogP) is 4.10. The lowest BCUT2D eigenvalue weighted by Crippen LogP contribution is -2.49. The molecule has 0 fully saturated rings. The molecule has 0 N–H and O–H groups in total. The zero-order valence-electron chi connectivity index (χ0n) is 11.8. The lowest BCUT2D eigenvalue weighted by Gasteiger charge is -2.31. The number of allylic oxidation sites excluding steroid dienone is 2. The Kier molecular flexibility index (Phi) is 2.72. The fourth-order valence-electron chi connectivity index (χ4n) is 3.20. The SMILES string of the molecule is Cc1cc(Cl)ccc1C1=C2C=CC=[N+]2[B-](F)(F)n2cccc21. The first-order chi connectivity index (χ1) is 10.5. The Morgan fingerprint density at radius 3 is 2.82 bits per heavy atom. The minimum Gasteiger partial charge on any atom is -0.396 e. The average Bonchev–Trinajstić information content (AvgIpc) is 3.11. The molecule has 0 spiro atoms. The third kappa shape index (κ3) is 1.69. The molecule has 0 aliphatic carbocycles. The van der Waals surface area contributed by atoms with E-state index in [9.17, 15) is 8.63 Å². The number of halogens is 3. The summed E-state index contributed by atoms with van der Waals surface area (Å²) in [6.45, 7) is -1.91. The molecule has 6 heteroatoms. The van der Waals surface area contributed by atoms with E-state index in [0.29, 0.717) is 16.4 Å². The highest BCUT2D eigenvalue weighted by Gasteiger charge is 2.51. The van der Waals surface area contributed by atoms with Gasteiger partial charge in [0.1, 0.15) is 6.21 Å². The summed E-state index contributed by atoms with van der Waals surface area (Å²) in [6, 6.07) is 8.91. The molecule has 0 radical (unpaired) electrons. The Bertz CT molecular complexity index is 893. The highest BCUT2D eigenvalue weighted by atomic mass is 35.5. The molecule has 0 atom stereocenters. The van der Waals surface area contributed by atoms with Gasteiger partial charge in [0, 0.05) is 22.9 Å². The number of hydrogen-bond acceptors (Lipinski definition) is 0. The number of hydrogen-bond donors (Lipinski definition) is 0. The molecule has 1 aromatic carbocycles. The van der Waals surface area contributed by atoms with E-state index < -0.39 is 6.97 Å². The molecular formula is C16H12BClF2N2. The van der Waals surface area contributed by atoms with Crippen molar-refractivity contribution in [2.24, 2.45) is 0 Å². The lowest BCUT2D eigenvalue weighted by molar-refractivity contribution is -0.356. The highest BCUT2D eigenvalue weighted by molar-refractivity contribution is 6.57. The van der Waals surface area contributed by atoms with Crippen molar-refractivity contribution in [2.45, 2.75) is 6.92 Å². The fraction of sp³-hybridized carbons (Fsp3) is 0.0625. The van der Waals surface area contributed by atoms with Crippen LogP contribution in [-0.2, 0) is 0 Å². The molecule has 4 rings (SSSR count). The van der Waals surface area contributed by atoms with E-state index in [4.69, 9.17) is 11.6 Å². The van der Waals surface area contributed by atoms with Gasteiger partial charge in [0.15, 0.2) is 5.70 Å². The first-order valence-electron chi connectivity index (χ1n) is 7.00. The van der Waals surface area contributed by atoms with Crippen LogP contribution in [0.2, 0.25) is 5.02 Å². The number of aromatic nitrogens is 1. The van der Waals surface area contributed by atoms with Crippen LogP contribution in [0.4, 0.5) is 8.63 Å². The van der Waals surface area contributed by atoms with Crippen molar-refractivity contribution in [3.63, 3.8) is 0 Å². The van der Waals surface area contributed by atoms with Crippen molar-refractivity contribution >= 4 is 30.4 Å². The van der Waals surface area contributed by atoms with Crippen molar-refractivity contribution in [1.82, 2.24) is 4.48 Å². The van der Waals surface area contributed by atoms with E-state index in [0.717, 1.165) is 25.7 Å². The summed E-state index contributed by atoms with van der Waals surface area (Å²) in [5.74, 6) is 0. The Morgan fingerprint density at radius 2 is 2.05 bits per heavy atom. The van der Waals surface area contributed by atoms with Gasteiger partial charge in [-0.2, -0.15) is 0 Å². The molecule has 1 aromatic heterocycles. The van der Waals surface area contributed by atoms with Crippen molar-refractivity contribution in [3.8, 4) is 0 Å². The Balaban J connectivity index is 2.07. The van der Waals surface area contributed by atoms with Crippen LogP contribution < -0.4 is 0 Å². The monoisotopic (exact) mass is 316 g/mol. The van der Waals surface area contributed by atoms with E-state index in [1.165, 1.54) is 12.4 Å². The quantitative estimate of drug-likeness (QED) is 0.700. The van der Waals surface area contributed by atoms with Gasteiger partial charge in [0.2, 0.25) is 0 Å². The second kappa shape index (κ2) is 4.43. The van der Waals surface area contributed by atoms with Gasteiger partial charge in [-0.3, -0.25) is 0 Å². The van der Waals surface area contributed by atoms with Gasteiger partial charge in [-0.1, -0.05) is 17.7 Å². The van der Waals surface area contributed by atoms with Crippen LogP contribution in [0.5, 0.6) is 0 Å². The first-order valence-corrected chi connectivity index (χ1v) is 7.38. The molecule has 2 aromatic rings. The van der Waals surface area contributed by atoms with Gasteiger partial charge in [-0.25, -0.2) is 0 Å². The minimum absolute atomic E-state index is 0.529. The maximum absolute atomic E-state index is 14.7. The standard InChI is InChI=1S/C16H12BClF2N2/c1-11-10-12(18)6-7-13(11)16-14-4-2-8-21(14)17(19,20)22-9-3-5-15(16)22/h2-10H,1H3. The second-order valence-electron chi connectivity index (χ2n) is 5.52. The molecule has 2 nitrogen and oxygen atoms in total. The molecule has 0 bridgehead atoms. The fourth-order valence-corrected chi connectivity index (χ4v) is 3.43. The average molecular weight is 317 g/mol. The van der Waals surface area contributed by atoms with Crippen molar-refractivity contribution < 1.29 is 13.1 Å². The number of benzene rings is 1. The number of fused-ring (bicyclic) bond motifs is 2. The zero-order valence-corrected chi connectivity index (χ0v) is 12.6. The Morgan fingerprint density at radius 1 is 1.23 bits per heavy atom. The highest BCUT2D eigenvalue weighted by Crippen LogP contribution is 2.39. The lowest BCUT2D eigenvalue weighted by atomic mass is 9.85. The van der Waals surface area contributed by atoms with E-state index in [1.54, 1.807) is 30.4 Å². The molecule has 110 valence electrons. The van der Waals surface area contributed by atoms with Crippen LogP contribution in [0.15, 0.2) is 54.4 Å². The van der Waals surface area contributed by atoms with Gasteiger partial charge in [-0.15, -0.1) is 0 Å². The molecule has 0 amide bonds. The largest absolute Gasteiger partial charge is 0.737 e. The third-order valence-corrected chi connectivity index (χ3v) is 4.43. The van der Waals surface area contributed by atoms with Gasteiger partial charge in [0.25, 0.3) is 0 Å². The Hall–Kier alpha value is -2.14. The summed E-state index contributed by atoms with van der Waals surface area (Å²) < 4.78 is 31.5. The normalized spacial score (nSPS) is 18.3. The zero-order chi connectivity index (χ0) is 15.5. The summed E-state index contributed by atoms with van der Waals surface area (Å²) in [5, 5.41) is 0.637. The van der Waals surface area contributed by atoms with E-state index in [2.05, 4.69) is 0 Å². The van der Waals surface area contributed by atoms with Crippen LogP contribution in [0.25, 0.3) is 5.57 Å². The number of rotatable bonds is 1. The first kappa shape index (κ1) is 13.5. The maximum atomic E-state index is 14.7. The molecule has 0 unspecified atom stereocenters. The van der Waals surface area contributed by atoms with Crippen molar-refractivity contribution in [2.75, 3.05) is 0 Å². The molecule has 3 heterocycles. The summed E-state index contributed by atoms with van der Waals surface area (Å²) in [4.78, 5) is 0. The van der Waals surface area contributed by atoms with Gasteiger partial charge in [-0.05, 0) is 48.5 Å². The summed E-state index contributed by atoms with van der Waals surface area (Å²) in [5.41, 5.74) is 3.73. The second-order valence-corrected chi connectivity index (χ2v) is 5.96. The van der Waals surface area contributed by atoms with Crippen LogP contribution in [0.3, 0.4) is 0 Å². The molecule has 22 heavy (non-hydrogen) atoms. The topological polar surface area (TPSA) is 7.94 Å². The molecule has 0 saturated heterocycles. The third-order valence-electron chi connectivity index (χ3n) is 4.20. The summed E-state index contributed by atoms with van der Waals surface area (Å²) in [7, 11) is 0. The van der Waals surface area contributed by atoms with E-state index >= 15 is 0 Å². The molecular weight excluding hydrogens is 304 g/mol. The van der Waals surface area contributed by atoms with E-state index in [1.807, 2.05) is 19.1 Å². The van der Waals surface area contributed by atoms with Gasteiger partial charge in [0.05, 0.1) is 5.57 Å². The number of nitrogens with zero attached hydrogens (tertiary/aromatic N) is 2. The molecule has 2 aliphatic rings. The smallest absolute Gasteiger partial charge is 0.396 e. The summed E-state index contributed by atoms with van der Waals surface area (Å²) in [6.07, 6.45) is 6.26. The van der Waals surface area contributed by atoms with E-state index in [-0.39, 0.29) is 0 Å². The maximum Gasteiger partial charge on any atom is 0.737 e. The molecule has 2 aliphatic heterocycles. The Labute approximate surface area is 131 Å².